The van der Waals surface area contributed by atoms with Crippen molar-refractivity contribution in [1.29, 1.82) is 0 Å². The molecule has 2 aromatic rings. The van der Waals surface area contributed by atoms with Gasteiger partial charge in [-0.25, -0.2) is 9.78 Å². The Labute approximate surface area is 141 Å². The number of hydrogen-bond donors (Lipinski definition) is 1. The van der Waals surface area contributed by atoms with Gasteiger partial charge in [0.2, 0.25) is 5.95 Å². The zero-order chi connectivity index (χ0) is 18.8. The van der Waals surface area contributed by atoms with Gasteiger partial charge in [-0.1, -0.05) is 30.3 Å². The smallest absolute Gasteiger partial charge is 0.449 e. The molecule has 6 nitrogen and oxygen atoms in total. The minimum Gasteiger partial charge on any atom is -0.449 e. The van der Waals surface area contributed by atoms with E-state index >= 15 is 0 Å². The average Bonchev–Trinajstić information content (AvgIpc) is 2.55. The lowest BCUT2D eigenvalue weighted by Crippen LogP contribution is -2.31. The molecule has 0 bridgehead atoms. The molecule has 0 radical (unpaired) electrons. The highest BCUT2D eigenvalue weighted by atomic mass is 19.4. The first-order valence-corrected chi connectivity index (χ1v) is 7.26. The third kappa shape index (κ3) is 4.17. The highest BCUT2D eigenvalue weighted by molar-refractivity contribution is 5.75. The van der Waals surface area contributed by atoms with Gasteiger partial charge in [-0.2, -0.15) is 13.2 Å². The van der Waals surface area contributed by atoms with E-state index in [-0.39, 0.29) is 23.6 Å². The molecule has 0 saturated carbocycles. The molecule has 1 unspecified atom stereocenters. The number of anilines is 1. The van der Waals surface area contributed by atoms with Crippen molar-refractivity contribution < 1.29 is 22.7 Å². The number of carbonyl (C=O) groups excluding carboxylic acids is 1. The van der Waals surface area contributed by atoms with Gasteiger partial charge in [-0.05, 0) is 12.5 Å². The van der Waals surface area contributed by atoms with Crippen molar-refractivity contribution in [2.45, 2.75) is 25.6 Å². The van der Waals surface area contributed by atoms with E-state index in [0.717, 1.165) is 4.57 Å². The van der Waals surface area contributed by atoms with Gasteiger partial charge in [0.25, 0.3) is 5.56 Å². The summed E-state index contributed by atoms with van der Waals surface area (Å²) in [6, 6.07) is 8.44. The Hall–Kier alpha value is -2.84. The van der Waals surface area contributed by atoms with Crippen molar-refractivity contribution in [1.82, 2.24) is 9.55 Å². The van der Waals surface area contributed by atoms with Crippen LogP contribution >= 0.6 is 0 Å². The van der Waals surface area contributed by atoms with Crippen molar-refractivity contribution in [3.8, 4) is 0 Å². The predicted octanol–water partition coefficient (Wildman–Crippen LogP) is 2.06. The van der Waals surface area contributed by atoms with Crippen LogP contribution in [-0.2, 0) is 23.0 Å². The predicted molar refractivity (Wildman–Crippen MR) is 83.7 cm³/mol. The second-order valence-corrected chi connectivity index (χ2v) is 5.43. The molecule has 1 aromatic heterocycles. The number of hydrogen-bond acceptors (Lipinski definition) is 5. The van der Waals surface area contributed by atoms with E-state index in [1.807, 2.05) is 0 Å². The molecule has 0 amide bonds. The van der Waals surface area contributed by atoms with E-state index in [1.54, 1.807) is 30.3 Å². The molecule has 0 aliphatic heterocycles. The molecule has 134 valence electrons. The standard InChI is InChI=1S/C16H16F3N3O3/c1-9-12(21-15(20)22(2)13(9)23)11(25-14(24)16(17,18)19)8-10-6-4-3-5-7-10/h3-7,11H,8H2,1-2H3,(H2,20,21). The molecule has 1 atom stereocenters. The molecule has 0 fully saturated rings. The zero-order valence-corrected chi connectivity index (χ0v) is 13.5. The Bertz CT molecular complexity index is 832. The first-order valence-electron chi connectivity index (χ1n) is 7.26. The van der Waals surface area contributed by atoms with Crippen molar-refractivity contribution in [2.24, 2.45) is 7.05 Å². The zero-order valence-electron chi connectivity index (χ0n) is 13.5. The van der Waals surface area contributed by atoms with Gasteiger partial charge in [-0.15, -0.1) is 0 Å². The first kappa shape index (κ1) is 18.5. The number of nitrogens with zero attached hydrogens (tertiary/aromatic N) is 2. The lowest BCUT2D eigenvalue weighted by molar-refractivity contribution is -0.205. The second-order valence-electron chi connectivity index (χ2n) is 5.43. The molecule has 0 aliphatic rings. The number of alkyl halides is 3. The molecule has 2 N–H and O–H groups in total. The summed E-state index contributed by atoms with van der Waals surface area (Å²) in [7, 11) is 1.38. The van der Waals surface area contributed by atoms with Gasteiger partial charge in [0, 0.05) is 19.0 Å². The van der Waals surface area contributed by atoms with Gasteiger partial charge in [0.1, 0.15) is 6.10 Å². The maximum atomic E-state index is 12.6. The summed E-state index contributed by atoms with van der Waals surface area (Å²) < 4.78 is 43.5. The highest BCUT2D eigenvalue weighted by Crippen LogP contribution is 2.27. The lowest BCUT2D eigenvalue weighted by atomic mass is 10.0. The Morgan fingerprint density at radius 3 is 2.48 bits per heavy atom. The SMILES string of the molecule is Cc1c(C(Cc2ccccc2)OC(=O)C(F)(F)F)nc(N)n(C)c1=O. The van der Waals surface area contributed by atoms with Crippen molar-refractivity contribution in [3.63, 3.8) is 0 Å². The van der Waals surface area contributed by atoms with Crippen molar-refractivity contribution >= 4 is 11.9 Å². The molecule has 2 rings (SSSR count). The maximum absolute atomic E-state index is 12.6. The number of esters is 1. The van der Waals surface area contributed by atoms with Crippen LogP contribution in [0.2, 0.25) is 0 Å². The van der Waals surface area contributed by atoms with E-state index in [9.17, 15) is 22.8 Å². The molecule has 0 spiro atoms. The summed E-state index contributed by atoms with van der Waals surface area (Å²) in [5.41, 5.74) is 5.68. The first-order chi connectivity index (χ1) is 11.6. The third-order valence-corrected chi connectivity index (χ3v) is 3.64. The highest BCUT2D eigenvalue weighted by Gasteiger charge is 2.43. The Balaban J connectivity index is 2.48. The van der Waals surface area contributed by atoms with Crippen molar-refractivity contribution in [3.05, 3.63) is 57.5 Å². The summed E-state index contributed by atoms with van der Waals surface area (Å²) in [4.78, 5) is 27.4. The number of nitrogens with two attached hydrogens (primary N) is 1. The Kier molecular flexibility index (Phi) is 5.15. The summed E-state index contributed by atoms with van der Waals surface area (Å²) in [5, 5.41) is 0. The number of halogens is 3. The summed E-state index contributed by atoms with van der Waals surface area (Å²) >= 11 is 0. The minimum atomic E-state index is -5.16. The van der Waals surface area contributed by atoms with Crippen LogP contribution in [0.1, 0.15) is 22.9 Å². The fraction of sp³-hybridized carbons (Fsp3) is 0.312. The van der Waals surface area contributed by atoms with Crippen LogP contribution in [-0.4, -0.2) is 21.7 Å². The molecule has 9 heteroatoms. The van der Waals surface area contributed by atoms with Crippen LogP contribution in [0, 0.1) is 6.92 Å². The van der Waals surface area contributed by atoms with Gasteiger partial charge in [-0.3, -0.25) is 9.36 Å². The Morgan fingerprint density at radius 1 is 1.32 bits per heavy atom. The average molecular weight is 355 g/mol. The number of ether oxygens (including phenoxy) is 1. The largest absolute Gasteiger partial charge is 0.490 e. The molecule has 25 heavy (non-hydrogen) atoms. The number of rotatable bonds is 4. The molecule has 1 aromatic carbocycles. The van der Waals surface area contributed by atoms with Crippen LogP contribution in [0.25, 0.3) is 0 Å². The van der Waals surface area contributed by atoms with Crippen LogP contribution in [0.3, 0.4) is 0 Å². The molecule has 1 heterocycles. The third-order valence-electron chi connectivity index (χ3n) is 3.64. The molecular weight excluding hydrogens is 339 g/mol. The quantitative estimate of drug-likeness (QED) is 0.849. The maximum Gasteiger partial charge on any atom is 0.490 e. The van der Waals surface area contributed by atoms with Gasteiger partial charge >= 0.3 is 12.1 Å². The Morgan fingerprint density at radius 2 is 1.92 bits per heavy atom. The van der Waals surface area contributed by atoms with Crippen molar-refractivity contribution in [2.75, 3.05) is 5.73 Å². The van der Waals surface area contributed by atoms with E-state index in [4.69, 9.17) is 5.73 Å². The normalized spacial score (nSPS) is 12.7. The molecular formula is C16H16F3N3O3. The number of aromatic nitrogens is 2. The monoisotopic (exact) mass is 355 g/mol. The van der Waals surface area contributed by atoms with Crippen LogP contribution in [0.4, 0.5) is 19.1 Å². The van der Waals surface area contributed by atoms with E-state index < -0.39 is 23.8 Å². The van der Waals surface area contributed by atoms with E-state index in [2.05, 4.69) is 9.72 Å². The van der Waals surface area contributed by atoms with Gasteiger partial charge in [0.05, 0.1) is 5.69 Å². The summed E-state index contributed by atoms with van der Waals surface area (Å²) in [6.07, 6.45) is -6.63. The number of benzene rings is 1. The van der Waals surface area contributed by atoms with Crippen LogP contribution in [0.15, 0.2) is 35.1 Å². The number of carbonyl (C=O) groups is 1. The van der Waals surface area contributed by atoms with E-state index in [1.165, 1.54) is 14.0 Å². The topological polar surface area (TPSA) is 87.2 Å². The fourth-order valence-electron chi connectivity index (χ4n) is 2.28. The van der Waals surface area contributed by atoms with Crippen LogP contribution in [0.5, 0.6) is 0 Å². The second kappa shape index (κ2) is 6.96. The van der Waals surface area contributed by atoms with Crippen LogP contribution < -0.4 is 11.3 Å². The lowest BCUT2D eigenvalue weighted by Gasteiger charge is -2.21. The van der Waals surface area contributed by atoms with Gasteiger partial charge < -0.3 is 10.5 Å². The summed E-state index contributed by atoms with van der Waals surface area (Å²) in [6.45, 7) is 1.39. The minimum absolute atomic E-state index is 0.0626. The molecule has 0 saturated heterocycles. The summed E-state index contributed by atoms with van der Waals surface area (Å²) in [5.74, 6) is -2.54. The molecule has 0 aliphatic carbocycles. The van der Waals surface area contributed by atoms with Gasteiger partial charge in [0.15, 0.2) is 0 Å². The number of nitrogen functional groups attached to an aromatic ring is 1. The van der Waals surface area contributed by atoms with E-state index in [0.29, 0.717) is 5.56 Å². The fourth-order valence-corrected chi connectivity index (χ4v) is 2.28.